The maximum atomic E-state index is 14.2. The molecule has 0 aliphatic rings. The van der Waals surface area contributed by atoms with Crippen molar-refractivity contribution in [2.75, 3.05) is 5.32 Å². The minimum Gasteiger partial charge on any atom is -0.296 e. The molecular formula is C17H11FN6OS. The van der Waals surface area contributed by atoms with E-state index in [0.717, 1.165) is 17.0 Å². The number of halogens is 1. The molecule has 0 saturated carbocycles. The van der Waals surface area contributed by atoms with Gasteiger partial charge in [-0.25, -0.2) is 9.97 Å². The van der Waals surface area contributed by atoms with Crippen LogP contribution in [-0.2, 0) is 0 Å². The fourth-order valence-corrected chi connectivity index (χ4v) is 3.05. The summed E-state index contributed by atoms with van der Waals surface area (Å²) in [4.78, 5) is 28.7. The van der Waals surface area contributed by atoms with Gasteiger partial charge in [-0.15, -0.1) is 0 Å². The van der Waals surface area contributed by atoms with E-state index in [-0.39, 0.29) is 10.8 Å². The number of anilines is 1. The zero-order chi connectivity index (χ0) is 17.9. The monoisotopic (exact) mass is 366 g/mol. The zero-order valence-electron chi connectivity index (χ0n) is 13.2. The van der Waals surface area contributed by atoms with Crippen LogP contribution in [0.25, 0.3) is 17.1 Å². The highest BCUT2D eigenvalue weighted by Gasteiger charge is 2.18. The highest BCUT2D eigenvalue weighted by atomic mass is 32.1. The van der Waals surface area contributed by atoms with Crippen LogP contribution in [0.3, 0.4) is 0 Å². The number of pyridine rings is 2. The Kier molecular flexibility index (Phi) is 4.20. The lowest BCUT2D eigenvalue weighted by Crippen LogP contribution is -2.16. The van der Waals surface area contributed by atoms with Crippen molar-refractivity contribution >= 4 is 22.4 Å². The molecule has 0 bridgehead atoms. The Balaban J connectivity index is 1.60. The summed E-state index contributed by atoms with van der Waals surface area (Å²) in [7, 11) is 0. The molecule has 0 unspecified atom stereocenters. The molecule has 0 radical (unpaired) electrons. The molecule has 1 N–H and O–H groups in total. The van der Waals surface area contributed by atoms with Gasteiger partial charge in [0.05, 0.1) is 23.9 Å². The smallest absolute Gasteiger partial charge is 0.276 e. The Labute approximate surface area is 151 Å². The minimum atomic E-state index is -0.512. The number of carbonyl (C=O) groups excluding carboxylic acids is 1. The predicted octanol–water partition coefficient (Wildman–Crippen LogP) is 3.18. The van der Waals surface area contributed by atoms with Gasteiger partial charge in [0, 0.05) is 18.6 Å². The van der Waals surface area contributed by atoms with Crippen LogP contribution in [-0.4, -0.2) is 30.4 Å². The van der Waals surface area contributed by atoms with Crippen molar-refractivity contribution in [1.82, 2.24) is 24.5 Å². The SMILES string of the molecule is O=C(Nc1nc(-c2ccccn2)c(F)s1)c1cncn1-c1ccncc1. The predicted molar refractivity (Wildman–Crippen MR) is 94.6 cm³/mol. The molecule has 0 aliphatic heterocycles. The summed E-state index contributed by atoms with van der Waals surface area (Å²) < 4.78 is 15.8. The van der Waals surface area contributed by atoms with Crippen LogP contribution in [0, 0.1) is 5.13 Å². The van der Waals surface area contributed by atoms with E-state index in [2.05, 4.69) is 25.3 Å². The second-order valence-electron chi connectivity index (χ2n) is 5.16. The number of carbonyl (C=O) groups is 1. The third-order valence-electron chi connectivity index (χ3n) is 3.53. The summed E-state index contributed by atoms with van der Waals surface area (Å²) >= 11 is 0.747. The van der Waals surface area contributed by atoms with Gasteiger partial charge in [0.2, 0.25) is 5.13 Å². The van der Waals surface area contributed by atoms with Gasteiger partial charge < -0.3 is 0 Å². The van der Waals surface area contributed by atoms with Crippen LogP contribution in [0.4, 0.5) is 9.52 Å². The largest absolute Gasteiger partial charge is 0.296 e. The van der Waals surface area contributed by atoms with Crippen LogP contribution in [0.15, 0.2) is 61.4 Å². The van der Waals surface area contributed by atoms with Gasteiger partial charge in [0.15, 0.2) is 5.13 Å². The summed E-state index contributed by atoms with van der Waals surface area (Å²) in [5.41, 5.74) is 1.55. The van der Waals surface area contributed by atoms with E-state index >= 15 is 0 Å². The Hall–Kier alpha value is -3.46. The van der Waals surface area contributed by atoms with Crippen molar-refractivity contribution < 1.29 is 9.18 Å². The van der Waals surface area contributed by atoms with E-state index in [4.69, 9.17) is 0 Å². The molecule has 7 nitrogen and oxygen atoms in total. The fourth-order valence-electron chi connectivity index (χ4n) is 2.35. The first kappa shape index (κ1) is 16.0. The third-order valence-corrected chi connectivity index (χ3v) is 4.29. The number of rotatable bonds is 4. The lowest BCUT2D eigenvalue weighted by atomic mass is 10.3. The Morgan fingerprint density at radius 2 is 1.96 bits per heavy atom. The van der Waals surface area contributed by atoms with Crippen LogP contribution >= 0.6 is 11.3 Å². The van der Waals surface area contributed by atoms with Crippen molar-refractivity contribution in [3.63, 3.8) is 0 Å². The average Bonchev–Trinajstić information content (AvgIpc) is 3.30. The van der Waals surface area contributed by atoms with E-state index in [9.17, 15) is 9.18 Å². The van der Waals surface area contributed by atoms with Crippen LogP contribution in [0.1, 0.15) is 10.5 Å². The quantitative estimate of drug-likeness (QED) is 0.600. The standard InChI is InChI=1S/C17H11FN6OS/c18-15-14(12-3-1-2-6-21-12)22-17(26-15)23-16(25)13-9-20-10-24(13)11-4-7-19-8-5-11/h1-10H,(H,22,23,25). The second-order valence-corrected chi connectivity index (χ2v) is 6.11. The number of aromatic nitrogens is 5. The number of thiazole rings is 1. The van der Waals surface area contributed by atoms with E-state index in [1.54, 1.807) is 53.5 Å². The van der Waals surface area contributed by atoms with E-state index in [1.807, 2.05) is 0 Å². The van der Waals surface area contributed by atoms with E-state index < -0.39 is 11.0 Å². The molecule has 9 heteroatoms. The van der Waals surface area contributed by atoms with E-state index in [1.165, 1.54) is 12.5 Å². The number of nitrogens with one attached hydrogen (secondary N) is 1. The van der Waals surface area contributed by atoms with Gasteiger partial charge in [-0.05, 0) is 24.3 Å². The number of amides is 1. The molecule has 4 aromatic rings. The first-order valence-corrected chi connectivity index (χ1v) is 8.36. The Bertz CT molecular complexity index is 1050. The maximum Gasteiger partial charge on any atom is 0.276 e. The first-order valence-electron chi connectivity index (χ1n) is 7.54. The maximum absolute atomic E-state index is 14.2. The van der Waals surface area contributed by atoms with Gasteiger partial charge in [-0.2, -0.15) is 4.39 Å². The van der Waals surface area contributed by atoms with Gasteiger partial charge in [-0.1, -0.05) is 17.4 Å². The second kappa shape index (κ2) is 6.81. The molecule has 1 amide bonds. The normalized spacial score (nSPS) is 10.7. The molecule has 26 heavy (non-hydrogen) atoms. The van der Waals surface area contributed by atoms with E-state index in [0.29, 0.717) is 11.4 Å². The van der Waals surface area contributed by atoms with Crippen molar-refractivity contribution in [3.05, 3.63) is 72.3 Å². The minimum absolute atomic E-state index is 0.105. The van der Waals surface area contributed by atoms with Crippen LogP contribution in [0.2, 0.25) is 0 Å². The number of hydrogen-bond donors (Lipinski definition) is 1. The van der Waals surface area contributed by atoms with Gasteiger partial charge in [0.25, 0.3) is 5.91 Å². The molecule has 0 fully saturated rings. The van der Waals surface area contributed by atoms with Crippen molar-refractivity contribution in [1.29, 1.82) is 0 Å². The summed E-state index contributed by atoms with van der Waals surface area (Å²) in [6.07, 6.45) is 7.74. The molecular weight excluding hydrogens is 355 g/mol. The summed E-state index contributed by atoms with van der Waals surface area (Å²) in [5.74, 6) is -0.444. The Morgan fingerprint density at radius 3 is 2.73 bits per heavy atom. The molecule has 4 heterocycles. The summed E-state index contributed by atoms with van der Waals surface area (Å²) in [6, 6.07) is 8.63. The van der Waals surface area contributed by atoms with Crippen LogP contribution in [0.5, 0.6) is 0 Å². The summed E-state index contributed by atoms with van der Waals surface area (Å²) in [5, 5.41) is 2.25. The molecule has 0 saturated heterocycles. The molecule has 4 aromatic heterocycles. The molecule has 128 valence electrons. The Morgan fingerprint density at radius 1 is 1.12 bits per heavy atom. The topological polar surface area (TPSA) is 85.6 Å². The van der Waals surface area contributed by atoms with Crippen molar-refractivity contribution in [2.45, 2.75) is 0 Å². The van der Waals surface area contributed by atoms with Gasteiger partial charge >= 0.3 is 0 Å². The van der Waals surface area contributed by atoms with Crippen molar-refractivity contribution in [3.8, 4) is 17.1 Å². The highest BCUT2D eigenvalue weighted by molar-refractivity contribution is 7.14. The highest BCUT2D eigenvalue weighted by Crippen LogP contribution is 2.28. The van der Waals surface area contributed by atoms with Crippen LogP contribution < -0.4 is 5.32 Å². The average molecular weight is 366 g/mol. The molecule has 0 aliphatic carbocycles. The molecule has 4 rings (SSSR count). The third kappa shape index (κ3) is 3.07. The zero-order valence-corrected chi connectivity index (χ0v) is 14.0. The van der Waals surface area contributed by atoms with Gasteiger partial charge in [-0.3, -0.25) is 24.6 Å². The number of nitrogens with zero attached hydrogens (tertiary/aromatic N) is 5. The molecule has 0 atom stereocenters. The first-order chi connectivity index (χ1) is 12.7. The van der Waals surface area contributed by atoms with Crippen molar-refractivity contribution in [2.24, 2.45) is 0 Å². The fraction of sp³-hybridized carbons (Fsp3) is 0. The molecule has 0 spiro atoms. The lowest BCUT2D eigenvalue weighted by Gasteiger charge is -2.06. The lowest BCUT2D eigenvalue weighted by molar-refractivity contribution is 0.102. The summed E-state index contributed by atoms with van der Waals surface area (Å²) in [6.45, 7) is 0. The number of imidazole rings is 1. The van der Waals surface area contributed by atoms with Gasteiger partial charge in [0.1, 0.15) is 11.4 Å². The number of hydrogen-bond acceptors (Lipinski definition) is 6. The molecule has 0 aromatic carbocycles.